The molecule has 1 aliphatic heterocycles. The van der Waals surface area contributed by atoms with Gasteiger partial charge in [-0.1, -0.05) is 12.1 Å². The maximum absolute atomic E-state index is 12.2. The average Bonchev–Trinajstić information content (AvgIpc) is 2.30. The Bertz CT molecular complexity index is 484. The molecule has 2 N–H and O–H groups in total. The monoisotopic (exact) mass is 366 g/mol. The van der Waals surface area contributed by atoms with E-state index in [1.807, 2.05) is 28.7 Å². The minimum atomic E-state index is -3.38. The molecule has 6 heteroatoms. The summed E-state index contributed by atoms with van der Waals surface area (Å²) in [5, 5.41) is 3.22. The quantitative estimate of drug-likeness (QED) is 0.794. The lowest BCUT2D eigenvalue weighted by molar-refractivity contribution is 0.427. The third-order valence-corrected chi connectivity index (χ3v) is 5.67. The van der Waals surface area contributed by atoms with E-state index in [9.17, 15) is 8.42 Å². The zero-order valence-electron chi connectivity index (χ0n) is 9.32. The average molecular weight is 366 g/mol. The highest BCUT2D eigenvalue weighted by molar-refractivity contribution is 14.1. The van der Waals surface area contributed by atoms with Gasteiger partial charge in [0.05, 0.1) is 4.90 Å². The molecule has 0 aromatic heterocycles. The van der Waals surface area contributed by atoms with E-state index in [4.69, 9.17) is 0 Å². The van der Waals surface area contributed by atoms with Crippen molar-refractivity contribution in [2.24, 2.45) is 0 Å². The second kappa shape index (κ2) is 5.64. The van der Waals surface area contributed by atoms with Crippen LogP contribution in [0.15, 0.2) is 29.2 Å². The normalized spacial score (nSPS) is 18.2. The van der Waals surface area contributed by atoms with Crippen molar-refractivity contribution in [3.63, 3.8) is 0 Å². The Hall–Kier alpha value is -0.180. The molecule has 1 fully saturated rings. The fourth-order valence-electron chi connectivity index (χ4n) is 1.89. The van der Waals surface area contributed by atoms with Crippen LogP contribution in [0.2, 0.25) is 0 Å². The molecule has 0 amide bonds. The Labute approximate surface area is 115 Å². The molecule has 0 aliphatic carbocycles. The Morgan fingerprint density at radius 3 is 2.53 bits per heavy atom. The highest BCUT2D eigenvalue weighted by Crippen LogP contribution is 2.18. The van der Waals surface area contributed by atoms with Crippen molar-refractivity contribution in [2.75, 3.05) is 13.1 Å². The molecular formula is C11H15IN2O2S. The third-order valence-electron chi connectivity index (χ3n) is 2.79. The van der Waals surface area contributed by atoms with Gasteiger partial charge >= 0.3 is 0 Å². The zero-order chi connectivity index (χ0) is 12.3. The Morgan fingerprint density at radius 2 is 1.88 bits per heavy atom. The Morgan fingerprint density at radius 1 is 1.24 bits per heavy atom. The summed E-state index contributed by atoms with van der Waals surface area (Å²) >= 11 is 2.05. The summed E-state index contributed by atoms with van der Waals surface area (Å²) in [6.45, 7) is 1.75. The van der Waals surface area contributed by atoms with Gasteiger partial charge in [-0.05, 0) is 60.7 Å². The molecule has 0 atom stereocenters. The molecule has 0 saturated carbocycles. The summed E-state index contributed by atoms with van der Waals surface area (Å²) in [7, 11) is -3.38. The zero-order valence-corrected chi connectivity index (χ0v) is 12.3. The first-order valence-corrected chi connectivity index (χ1v) is 8.13. The van der Waals surface area contributed by atoms with Crippen LogP contribution in [0.1, 0.15) is 12.8 Å². The molecule has 1 aromatic rings. The number of hydrogen-bond acceptors (Lipinski definition) is 3. The van der Waals surface area contributed by atoms with Gasteiger partial charge in [-0.3, -0.25) is 0 Å². The summed E-state index contributed by atoms with van der Waals surface area (Å²) in [6.07, 6.45) is 1.70. The van der Waals surface area contributed by atoms with Crippen molar-refractivity contribution in [3.8, 4) is 0 Å². The molecule has 0 bridgehead atoms. The number of piperidine rings is 1. The highest BCUT2D eigenvalue weighted by Gasteiger charge is 2.22. The maximum Gasteiger partial charge on any atom is 0.241 e. The van der Waals surface area contributed by atoms with Crippen LogP contribution in [0.5, 0.6) is 0 Å². The predicted octanol–water partition coefficient (Wildman–Crippen LogP) is 1.32. The van der Waals surface area contributed by atoms with Gasteiger partial charge in [0.2, 0.25) is 10.0 Å². The topological polar surface area (TPSA) is 58.2 Å². The number of hydrogen-bond donors (Lipinski definition) is 2. The van der Waals surface area contributed by atoms with Crippen LogP contribution in [0, 0.1) is 3.57 Å². The second-order valence-corrected chi connectivity index (χ2v) is 6.92. The number of rotatable bonds is 3. The van der Waals surface area contributed by atoms with Gasteiger partial charge in [0.15, 0.2) is 0 Å². The fourth-order valence-corrected chi connectivity index (χ4v) is 4.53. The number of halogens is 1. The van der Waals surface area contributed by atoms with E-state index < -0.39 is 10.0 Å². The second-order valence-electron chi connectivity index (χ2n) is 4.08. The summed E-state index contributed by atoms with van der Waals surface area (Å²) in [5.74, 6) is 0. The molecule has 1 aliphatic rings. The molecule has 17 heavy (non-hydrogen) atoms. The smallest absolute Gasteiger partial charge is 0.241 e. The molecular weight excluding hydrogens is 351 g/mol. The van der Waals surface area contributed by atoms with Crippen molar-refractivity contribution < 1.29 is 8.42 Å². The first kappa shape index (κ1) is 13.3. The standard InChI is InChI=1S/C11H15IN2O2S/c12-10-3-1-2-4-11(10)17(15,16)14-9-5-7-13-8-6-9/h1-4,9,13-14H,5-8H2. The number of benzene rings is 1. The first-order chi connectivity index (χ1) is 8.09. The Balaban J connectivity index is 2.16. The van der Waals surface area contributed by atoms with Crippen LogP contribution < -0.4 is 10.0 Å². The third kappa shape index (κ3) is 3.40. The highest BCUT2D eigenvalue weighted by atomic mass is 127. The van der Waals surface area contributed by atoms with Gasteiger partial charge in [0.25, 0.3) is 0 Å². The molecule has 0 radical (unpaired) electrons. The minimum absolute atomic E-state index is 0.0530. The fraction of sp³-hybridized carbons (Fsp3) is 0.455. The molecule has 94 valence electrons. The van der Waals surface area contributed by atoms with E-state index in [0.29, 0.717) is 4.90 Å². The largest absolute Gasteiger partial charge is 0.317 e. The van der Waals surface area contributed by atoms with Gasteiger partial charge in [-0.25, -0.2) is 13.1 Å². The number of sulfonamides is 1. The van der Waals surface area contributed by atoms with Crippen molar-refractivity contribution in [2.45, 2.75) is 23.8 Å². The van der Waals surface area contributed by atoms with E-state index in [1.54, 1.807) is 18.2 Å². The van der Waals surface area contributed by atoms with Crippen molar-refractivity contribution in [3.05, 3.63) is 27.8 Å². The van der Waals surface area contributed by atoms with Gasteiger partial charge in [0, 0.05) is 9.61 Å². The molecule has 1 aromatic carbocycles. The Kier molecular flexibility index (Phi) is 4.40. The van der Waals surface area contributed by atoms with Gasteiger partial charge in [-0.15, -0.1) is 0 Å². The molecule has 1 heterocycles. The van der Waals surface area contributed by atoms with Gasteiger partial charge < -0.3 is 5.32 Å². The van der Waals surface area contributed by atoms with Crippen LogP contribution in [0.3, 0.4) is 0 Å². The lowest BCUT2D eigenvalue weighted by atomic mass is 10.1. The molecule has 2 rings (SSSR count). The van der Waals surface area contributed by atoms with Crippen LogP contribution in [-0.4, -0.2) is 27.5 Å². The lowest BCUT2D eigenvalue weighted by Gasteiger charge is -2.23. The van der Waals surface area contributed by atoms with E-state index in [1.165, 1.54) is 0 Å². The molecule has 0 spiro atoms. The predicted molar refractivity (Wildman–Crippen MR) is 75.4 cm³/mol. The van der Waals surface area contributed by atoms with Crippen molar-refractivity contribution >= 4 is 32.6 Å². The van der Waals surface area contributed by atoms with Crippen LogP contribution in [0.25, 0.3) is 0 Å². The summed E-state index contributed by atoms with van der Waals surface area (Å²) in [4.78, 5) is 0.374. The van der Waals surface area contributed by atoms with Crippen LogP contribution >= 0.6 is 22.6 Å². The van der Waals surface area contributed by atoms with Crippen LogP contribution in [0.4, 0.5) is 0 Å². The molecule has 1 saturated heterocycles. The molecule has 0 unspecified atom stereocenters. The van der Waals surface area contributed by atoms with E-state index >= 15 is 0 Å². The van der Waals surface area contributed by atoms with E-state index in [-0.39, 0.29) is 6.04 Å². The first-order valence-electron chi connectivity index (χ1n) is 5.57. The van der Waals surface area contributed by atoms with Crippen molar-refractivity contribution in [1.82, 2.24) is 10.0 Å². The number of nitrogens with one attached hydrogen (secondary N) is 2. The summed E-state index contributed by atoms with van der Waals surface area (Å²) < 4.78 is 27.9. The van der Waals surface area contributed by atoms with Gasteiger partial charge in [0.1, 0.15) is 0 Å². The lowest BCUT2D eigenvalue weighted by Crippen LogP contribution is -2.42. The summed E-state index contributed by atoms with van der Waals surface area (Å²) in [6, 6.07) is 7.09. The van der Waals surface area contributed by atoms with E-state index in [2.05, 4.69) is 10.0 Å². The SMILES string of the molecule is O=S(=O)(NC1CCNCC1)c1ccccc1I. The summed E-state index contributed by atoms with van der Waals surface area (Å²) in [5.41, 5.74) is 0. The maximum atomic E-state index is 12.2. The molecule has 4 nitrogen and oxygen atoms in total. The van der Waals surface area contributed by atoms with Crippen molar-refractivity contribution in [1.29, 1.82) is 0 Å². The minimum Gasteiger partial charge on any atom is -0.317 e. The van der Waals surface area contributed by atoms with Crippen LogP contribution in [-0.2, 0) is 10.0 Å². The van der Waals surface area contributed by atoms with Gasteiger partial charge in [-0.2, -0.15) is 0 Å². The van der Waals surface area contributed by atoms with E-state index in [0.717, 1.165) is 29.5 Å².